The first kappa shape index (κ1) is 13.3. The molecule has 5 heteroatoms. The van der Waals surface area contributed by atoms with Gasteiger partial charge in [0.15, 0.2) is 0 Å². The molecule has 0 heterocycles. The zero-order chi connectivity index (χ0) is 13.7. The summed E-state index contributed by atoms with van der Waals surface area (Å²) in [5.41, 5.74) is 4.66. The van der Waals surface area contributed by atoms with Crippen LogP contribution in [0.4, 0.5) is 5.69 Å². The molecular weight excluding hydrogens is 308 g/mol. The van der Waals surface area contributed by atoms with Crippen molar-refractivity contribution in [2.24, 2.45) is 5.10 Å². The summed E-state index contributed by atoms with van der Waals surface area (Å²) >= 11 is 3.35. The fourth-order valence-corrected chi connectivity index (χ4v) is 1.81. The van der Waals surface area contributed by atoms with Gasteiger partial charge in [-0.2, -0.15) is 5.10 Å². The zero-order valence-corrected chi connectivity index (χ0v) is 11.5. The van der Waals surface area contributed by atoms with Crippen molar-refractivity contribution >= 4 is 33.8 Å². The number of halogens is 1. The molecule has 0 fully saturated rings. The third-order valence-electron chi connectivity index (χ3n) is 2.41. The quantitative estimate of drug-likeness (QED) is 0.669. The van der Waals surface area contributed by atoms with E-state index in [0.29, 0.717) is 5.56 Å². The number of aromatic carboxylic acids is 1. The normalized spacial score (nSPS) is 10.6. The van der Waals surface area contributed by atoms with Gasteiger partial charge in [-0.1, -0.05) is 34.1 Å². The number of hydrogen-bond acceptors (Lipinski definition) is 3. The fourth-order valence-electron chi connectivity index (χ4n) is 1.46. The van der Waals surface area contributed by atoms with Crippen molar-refractivity contribution in [3.8, 4) is 0 Å². The van der Waals surface area contributed by atoms with E-state index in [2.05, 4.69) is 26.5 Å². The number of carbonyl (C=O) groups is 1. The topological polar surface area (TPSA) is 61.7 Å². The molecule has 0 aliphatic heterocycles. The van der Waals surface area contributed by atoms with Crippen LogP contribution in [0.2, 0.25) is 0 Å². The summed E-state index contributed by atoms with van der Waals surface area (Å²) in [4.78, 5) is 10.9. The molecule has 2 aromatic rings. The standard InChI is InChI=1S/C14H11BrN2O2/c15-13-7-6-10(14(18)19)8-11(13)9-16-17-12-4-2-1-3-5-12/h1-9,17H,(H,18,19). The molecule has 0 aliphatic rings. The predicted octanol–water partition coefficient (Wildman–Crippen LogP) is 3.59. The Hall–Kier alpha value is -2.14. The van der Waals surface area contributed by atoms with E-state index in [1.807, 2.05) is 30.3 Å². The monoisotopic (exact) mass is 318 g/mol. The van der Waals surface area contributed by atoms with Gasteiger partial charge in [-0.05, 0) is 30.3 Å². The number of hydrogen-bond donors (Lipinski definition) is 2. The SMILES string of the molecule is O=C(O)c1ccc(Br)c(C=NNc2ccccc2)c1. The van der Waals surface area contributed by atoms with Crippen molar-refractivity contribution in [2.75, 3.05) is 5.43 Å². The molecule has 0 unspecified atom stereocenters. The van der Waals surface area contributed by atoms with Crippen molar-refractivity contribution in [1.82, 2.24) is 0 Å². The van der Waals surface area contributed by atoms with Gasteiger partial charge in [0.25, 0.3) is 0 Å². The van der Waals surface area contributed by atoms with Gasteiger partial charge in [-0.15, -0.1) is 0 Å². The van der Waals surface area contributed by atoms with Gasteiger partial charge in [0.2, 0.25) is 0 Å². The minimum atomic E-state index is -0.960. The van der Waals surface area contributed by atoms with Gasteiger partial charge in [0.05, 0.1) is 17.5 Å². The number of nitrogens with one attached hydrogen (secondary N) is 1. The number of benzene rings is 2. The molecule has 4 nitrogen and oxygen atoms in total. The number of para-hydroxylation sites is 1. The summed E-state index contributed by atoms with van der Waals surface area (Å²) in [5, 5.41) is 13.0. The van der Waals surface area contributed by atoms with Crippen LogP contribution in [0.3, 0.4) is 0 Å². The number of anilines is 1. The van der Waals surface area contributed by atoms with Crippen molar-refractivity contribution in [1.29, 1.82) is 0 Å². The van der Waals surface area contributed by atoms with Crippen LogP contribution >= 0.6 is 15.9 Å². The van der Waals surface area contributed by atoms with Crippen LogP contribution in [0.15, 0.2) is 58.1 Å². The largest absolute Gasteiger partial charge is 0.478 e. The Morgan fingerprint density at radius 2 is 1.95 bits per heavy atom. The lowest BCUT2D eigenvalue weighted by Crippen LogP contribution is -1.98. The van der Waals surface area contributed by atoms with E-state index in [4.69, 9.17) is 5.11 Å². The van der Waals surface area contributed by atoms with E-state index in [-0.39, 0.29) is 5.56 Å². The van der Waals surface area contributed by atoms with Crippen LogP contribution in [-0.2, 0) is 0 Å². The Bertz CT molecular complexity index is 612. The van der Waals surface area contributed by atoms with Gasteiger partial charge >= 0.3 is 5.97 Å². The highest BCUT2D eigenvalue weighted by molar-refractivity contribution is 9.10. The first-order valence-electron chi connectivity index (χ1n) is 5.54. The molecule has 2 aromatic carbocycles. The van der Waals surface area contributed by atoms with Crippen LogP contribution in [0.5, 0.6) is 0 Å². The van der Waals surface area contributed by atoms with Gasteiger partial charge in [-0.25, -0.2) is 4.79 Å². The Morgan fingerprint density at radius 3 is 2.63 bits per heavy atom. The summed E-state index contributed by atoms with van der Waals surface area (Å²) in [6, 6.07) is 14.3. The number of rotatable bonds is 4. The molecular formula is C14H11BrN2O2. The van der Waals surface area contributed by atoms with Gasteiger partial charge in [-0.3, -0.25) is 5.43 Å². The van der Waals surface area contributed by atoms with E-state index in [9.17, 15) is 4.79 Å². The van der Waals surface area contributed by atoms with Gasteiger partial charge in [0, 0.05) is 10.0 Å². The summed E-state index contributed by atoms with van der Waals surface area (Å²) in [6.45, 7) is 0. The van der Waals surface area contributed by atoms with E-state index in [0.717, 1.165) is 10.2 Å². The van der Waals surface area contributed by atoms with E-state index in [1.54, 1.807) is 18.3 Å². The van der Waals surface area contributed by atoms with Crippen molar-refractivity contribution in [3.63, 3.8) is 0 Å². The number of nitrogens with zero attached hydrogens (tertiary/aromatic N) is 1. The Morgan fingerprint density at radius 1 is 1.21 bits per heavy atom. The summed E-state index contributed by atoms with van der Waals surface area (Å²) in [7, 11) is 0. The van der Waals surface area contributed by atoms with Crippen LogP contribution in [-0.4, -0.2) is 17.3 Å². The second-order valence-corrected chi connectivity index (χ2v) is 4.63. The summed E-state index contributed by atoms with van der Waals surface area (Å²) in [6.07, 6.45) is 1.57. The van der Waals surface area contributed by atoms with Crippen LogP contribution in [0, 0.1) is 0 Å². The van der Waals surface area contributed by atoms with E-state index >= 15 is 0 Å². The lowest BCUT2D eigenvalue weighted by atomic mass is 10.1. The lowest BCUT2D eigenvalue weighted by Gasteiger charge is -2.01. The molecule has 2 rings (SSSR count). The fraction of sp³-hybridized carbons (Fsp3) is 0. The minimum Gasteiger partial charge on any atom is -0.478 e. The summed E-state index contributed by atoms with van der Waals surface area (Å²) in [5.74, 6) is -0.960. The highest BCUT2D eigenvalue weighted by atomic mass is 79.9. The first-order chi connectivity index (χ1) is 9.16. The second-order valence-electron chi connectivity index (χ2n) is 3.78. The Kier molecular flexibility index (Phi) is 4.30. The number of carboxylic acids is 1. The molecule has 0 amide bonds. The summed E-state index contributed by atoms with van der Waals surface area (Å²) < 4.78 is 0.788. The average Bonchev–Trinajstić information content (AvgIpc) is 2.42. The van der Waals surface area contributed by atoms with Crippen molar-refractivity contribution < 1.29 is 9.90 Å². The third-order valence-corrected chi connectivity index (χ3v) is 3.14. The zero-order valence-electron chi connectivity index (χ0n) is 9.88. The first-order valence-corrected chi connectivity index (χ1v) is 6.33. The van der Waals surface area contributed by atoms with E-state index in [1.165, 1.54) is 6.07 Å². The molecule has 0 saturated heterocycles. The highest BCUT2D eigenvalue weighted by Crippen LogP contribution is 2.17. The van der Waals surface area contributed by atoms with Gasteiger partial charge < -0.3 is 5.11 Å². The highest BCUT2D eigenvalue weighted by Gasteiger charge is 2.05. The lowest BCUT2D eigenvalue weighted by molar-refractivity contribution is 0.0697. The molecule has 0 atom stereocenters. The maximum absolute atomic E-state index is 10.9. The van der Waals surface area contributed by atoms with Crippen LogP contribution < -0.4 is 5.43 Å². The van der Waals surface area contributed by atoms with E-state index < -0.39 is 5.97 Å². The molecule has 0 aromatic heterocycles. The van der Waals surface area contributed by atoms with Crippen LogP contribution in [0.1, 0.15) is 15.9 Å². The molecule has 2 N–H and O–H groups in total. The maximum Gasteiger partial charge on any atom is 0.335 e. The molecule has 0 aliphatic carbocycles. The average molecular weight is 319 g/mol. The molecule has 0 spiro atoms. The predicted molar refractivity (Wildman–Crippen MR) is 78.8 cm³/mol. The molecule has 0 bridgehead atoms. The maximum atomic E-state index is 10.9. The molecule has 0 radical (unpaired) electrons. The molecule has 96 valence electrons. The smallest absolute Gasteiger partial charge is 0.335 e. The van der Waals surface area contributed by atoms with Crippen LogP contribution in [0.25, 0.3) is 0 Å². The molecule has 19 heavy (non-hydrogen) atoms. The van der Waals surface area contributed by atoms with Gasteiger partial charge in [0.1, 0.15) is 0 Å². The number of hydrazone groups is 1. The Balaban J connectivity index is 2.14. The number of carboxylic acid groups (broad SMARTS) is 1. The Labute approximate surface area is 118 Å². The second kappa shape index (κ2) is 6.15. The third kappa shape index (κ3) is 3.66. The minimum absolute atomic E-state index is 0.226. The van der Waals surface area contributed by atoms with Crippen molar-refractivity contribution in [2.45, 2.75) is 0 Å². The molecule has 0 saturated carbocycles. The van der Waals surface area contributed by atoms with Crippen molar-refractivity contribution in [3.05, 3.63) is 64.1 Å².